The second-order valence-electron chi connectivity index (χ2n) is 7.38. The average Bonchev–Trinajstić information content (AvgIpc) is 2.79. The maximum atomic E-state index is 13.0. The minimum Gasteiger partial charge on any atom is -0.481 e. The van der Waals surface area contributed by atoms with E-state index in [0.717, 1.165) is 0 Å². The predicted molar refractivity (Wildman–Crippen MR) is 131 cm³/mol. The molecule has 4 atom stereocenters. The van der Waals surface area contributed by atoms with Crippen molar-refractivity contribution >= 4 is 54.1 Å². The number of carbonyl (C=O) groups is 5. The number of carboxylic acids is 2. The van der Waals surface area contributed by atoms with E-state index in [9.17, 15) is 29.1 Å². The number of carbonyl (C=O) groups excluding carboxylic acids is 3. The van der Waals surface area contributed by atoms with Gasteiger partial charge in [0.2, 0.25) is 17.7 Å². The van der Waals surface area contributed by atoms with Gasteiger partial charge in [-0.1, -0.05) is 30.3 Å². The standard InChI is InChI=1S/C21H30N4O7S2/c1-34-8-7-14(21(31)32)23-20(30)16(11-33)25-19(29)15(9-12-5-3-2-4-6-12)24-18(28)13(22)10-17(26)27/h2-6,13-16,33H,7-11,22H2,1H3,(H,23,30)(H,24,28)(H,25,29)(H,26,27)(H,31,32). The van der Waals surface area contributed by atoms with Crippen molar-refractivity contribution < 1.29 is 34.2 Å². The topological polar surface area (TPSA) is 188 Å². The summed E-state index contributed by atoms with van der Waals surface area (Å²) in [6.07, 6.45) is 1.43. The van der Waals surface area contributed by atoms with Crippen LogP contribution in [0.5, 0.6) is 0 Å². The van der Waals surface area contributed by atoms with Gasteiger partial charge in [0, 0.05) is 12.2 Å². The summed E-state index contributed by atoms with van der Waals surface area (Å²) in [6, 6.07) is 3.88. The summed E-state index contributed by atoms with van der Waals surface area (Å²) in [5, 5.41) is 25.5. The van der Waals surface area contributed by atoms with E-state index in [0.29, 0.717) is 11.3 Å². The number of nitrogens with two attached hydrogens (primary N) is 1. The highest BCUT2D eigenvalue weighted by Gasteiger charge is 2.30. The fourth-order valence-electron chi connectivity index (χ4n) is 2.85. The molecule has 13 heteroatoms. The van der Waals surface area contributed by atoms with Crippen molar-refractivity contribution in [3.05, 3.63) is 35.9 Å². The molecule has 1 aromatic rings. The molecule has 1 aromatic carbocycles. The van der Waals surface area contributed by atoms with Crippen LogP contribution in [0.4, 0.5) is 0 Å². The lowest BCUT2D eigenvalue weighted by molar-refractivity contribution is -0.142. The maximum Gasteiger partial charge on any atom is 0.326 e. The van der Waals surface area contributed by atoms with Gasteiger partial charge >= 0.3 is 11.9 Å². The number of nitrogens with one attached hydrogen (secondary N) is 3. The van der Waals surface area contributed by atoms with E-state index in [1.807, 2.05) is 0 Å². The lowest BCUT2D eigenvalue weighted by Gasteiger charge is -2.24. The van der Waals surface area contributed by atoms with Crippen molar-refractivity contribution in [2.45, 2.75) is 43.4 Å². The average molecular weight is 515 g/mol. The summed E-state index contributed by atoms with van der Waals surface area (Å²) in [4.78, 5) is 60.2. The van der Waals surface area contributed by atoms with Crippen LogP contribution < -0.4 is 21.7 Å². The molecule has 0 aromatic heterocycles. The Morgan fingerprint density at radius 3 is 2.03 bits per heavy atom. The number of thioether (sulfide) groups is 1. The number of thiol groups is 1. The largest absolute Gasteiger partial charge is 0.481 e. The molecule has 0 saturated carbocycles. The van der Waals surface area contributed by atoms with Crippen LogP contribution in [-0.2, 0) is 30.4 Å². The van der Waals surface area contributed by atoms with E-state index < -0.39 is 60.2 Å². The van der Waals surface area contributed by atoms with Crippen LogP contribution in [0, 0.1) is 0 Å². The summed E-state index contributed by atoms with van der Waals surface area (Å²) in [6.45, 7) is 0. The minimum atomic E-state index is -1.37. The Bertz CT molecular complexity index is 857. The number of hydrogen-bond donors (Lipinski definition) is 7. The van der Waals surface area contributed by atoms with Gasteiger partial charge in [-0.2, -0.15) is 24.4 Å². The van der Waals surface area contributed by atoms with E-state index in [-0.39, 0.29) is 18.6 Å². The summed E-state index contributed by atoms with van der Waals surface area (Å²) in [7, 11) is 0. The summed E-state index contributed by atoms with van der Waals surface area (Å²) in [5.74, 6) is -4.39. The molecule has 0 bridgehead atoms. The number of rotatable bonds is 15. The number of aliphatic carboxylic acids is 2. The molecule has 0 aliphatic heterocycles. The molecule has 1 rings (SSSR count). The van der Waals surface area contributed by atoms with E-state index in [4.69, 9.17) is 10.8 Å². The van der Waals surface area contributed by atoms with Crippen LogP contribution in [0.25, 0.3) is 0 Å². The molecular formula is C21H30N4O7S2. The predicted octanol–water partition coefficient (Wildman–Crippen LogP) is -0.747. The Kier molecular flexibility index (Phi) is 13.1. The zero-order chi connectivity index (χ0) is 25.7. The van der Waals surface area contributed by atoms with Crippen LogP contribution in [0.3, 0.4) is 0 Å². The number of carboxylic acid groups (broad SMARTS) is 2. The maximum absolute atomic E-state index is 13.0. The molecule has 7 N–H and O–H groups in total. The molecular weight excluding hydrogens is 484 g/mol. The van der Waals surface area contributed by atoms with Gasteiger partial charge in [0.25, 0.3) is 0 Å². The van der Waals surface area contributed by atoms with Crippen molar-refractivity contribution in [1.82, 2.24) is 16.0 Å². The highest BCUT2D eigenvalue weighted by atomic mass is 32.2. The van der Waals surface area contributed by atoms with Crippen LogP contribution in [0.1, 0.15) is 18.4 Å². The van der Waals surface area contributed by atoms with Crippen molar-refractivity contribution in [2.75, 3.05) is 17.8 Å². The molecule has 3 amide bonds. The fraction of sp³-hybridized carbons (Fsp3) is 0.476. The SMILES string of the molecule is CSCCC(NC(=O)C(CS)NC(=O)C(Cc1ccccc1)NC(=O)C(N)CC(=O)O)C(=O)O. The Hall–Kier alpha value is -2.77. The monoisotopic (exact) mass is 514 g/mol. The molecule has 0 spiro atoms. The first-order valence-corrected chi connectivity index (χ1v) is 12.4. The molecule has 0 aliphatic carbocycles. The fourth-order valence-corrected chi connectivity index (χ4v) is 3.58. The Morgan fingerprint density at radius 2 is 1.50 bits per heavy atom. The van der Waals surface area contributed by atoms with E-state index >= 15 is 0 Å². The molecule has 0 heterocycles. The van der Waals surface area contributed by atoms with Crippen molar-refractivity contribution in [1.29, 1.82) is 0 Å². The molecule has 0 radical (unpaired) electrons. The smallest absolute Gasteiger partial charge is 0.326 e. The van der Waals surface area contributed by atoms with Crippen molar-refractivity contribution in [3.63, 3.8) is 0 Å². The molecule has 0 saturated heterocycles. The van der Waals surface area contributed by atoms with E-state index in [1.54, 1.807) is 36.6 Å². The highest BCUT2D eigenvalue weighted by Crippen LogP contribution is 2.06. The van der Waals surface area contributed by atoms with Gasteiger partial charge in [-0.05, 0) is 24.0 Å². The highest BCUT2D eigenvalue weighted by molar-refractivity contribution is 7.98. The second-order valence-corrected chi connectivity index (χ2v) is 8.73. The zero-order valence-electron chi connectivity index (χ0n) is 18.6. The van der Waals surface area contributed by atoms with Gasteiger partial charge in [0.05, 0.1) is 12.5 Å². The Balaban J connectivity index is 2.96. The van der Waals surface area contributed by atoms with Gasteiger partial charge in [-0.25, -0.2) is 4.79 Å². The van der Waals surface area contributed by atoms with Gasteiger partial charge < -0.3 is 31.9 Å². The van der Waals surface area contributed by atoms with Gasteiger partial charge in [0.15, 0.2) is 0 Å². The third kappa shape index (κ3) is 10.4. The molecule has 34 heavy (non-hydrogen) atoms. The molecule has 0 aliphatic rings. The second kappa shape index (κ2) is 15.2. The normalized spacial score (nSPS) is 14.2. The number of benzene rings is 1. The third-order valence-electron chi connectivity index (χ3n) is 4.69. The molecule has 188 valence electrons. The first-order valence-electron chi connectivity index (χ1n) is 10.3. The van der Waals surface area contributed by atoms with Crippen LogP contribution >= 0.6 is 24.4 Å². The van der Waals surface area contributed by atoms with Crippen LogP contribution in [-0.4, -0.2) is 81.8 Å². The van der Waals surface area contributed by atoms with Crippen molar-refractivity contribution in [2.24, 2.45) is 5.73 Å². The molecule has 0 fully saturated rings. The lowest BCUT2D eigenvalue weighted by atomic mass is 10.0. The van der Waals surface area contributed by atoms with Crippen molar-refractivity contribution in [3.8, 4) is 0 Å². The van der Waals surface area contributed by atoms with Gasteiger partial charge in [0.1, 0.15) is 18.1 Å². The first kappa shape index (κ1) is 29.3. The minimum absolute atomic E-state index is 0.0462. The van der Waals surface area contributed by atoms with Gasteiger partial charge in [-0.15, -0.1) is 0 Å². The number of amides is 3. The molecule has 11 nitrogen and oxygen atoms in total. The number of hydrogen-bond acceptors (Lipinski definition) is 8. The quantitative estimate of drug-likeness (QED) is 0.148. The molecule has 4 unspecified atom stereocenters. The third-order valence-corrected chi connectivity index (χ3v) is 5.70. The van der Waals surface area contributed by atoms with E-state index in [2.05, 4.69) is 28.6 Å². The van der Waals surface area contributed by atoms with Gasteiger partial charge in [-0.3, -0.25) is 19.2 Å². The Labute approximate surface area is 207 Å². The summed E-state index contributed by atoms with van der Waals surface area (Å²) >= 11 is 5.51. The van der Waals surface area contributed by atoms with E-state index in [1.165, 1.54) is 11.8 Å². The van der Waals surface area contributed by atoms with Crippen LogP contribution in [0.15, 0.2) is 30.3 Å². The Morgan fingerprint density at radius 1 is 0.941 bits per heavy atom. The van der Waals surface area contributed by atoms with Crippen LogP contribution in [0.2, 0.25) is 0 Å². The summed E-state index contributed by atoms with van der Waals surface area (Å²) in [5.41, 5.74) is 6.30. The lowest BCUT2D eigenvalue weighted by Crippen LogP contribution is -2.58. The zero-order valence-corrected chi connectivity index (χ0v) is 20.3. The summed E-state index contributed by atoms with van der Waals surface area (Å²) < 4.78 is 0. The first-order chi connectivity index (χ1) is 16.1.